The van der Waals surface area contributed by atoms with E-state index < -0.39 is 5.97 Å². The van der Waals surface area contributed by atoms with Crippen LogP contribution in [0.25, 0.3) is 0 Å². The quantitative estimate of drug-likeness (QED) is 0.585. The van der Waals surface area contributed by atoms with Crippen LogP contribution in [-0.4, -0.2) is 29.9 Å². The molecule has 0 spiro atoms. The van der Waals surface area contributed by atoms with Crippen LogP contribution in [0.1, 0.15) is 18.9 Å². The Kier molecular flexibility index (Phi) is 5.73. The number of hydrogen-bond donors (Lipinski definition) is 2. The first kappa shape index (κ1) is 14.9. The van der Waals surface area contributed by atoms with Crippen molar-refractivity contribution >= 4 is 5.97 Å². The van der Waals surface area contributed by atoms with Crippen LogP contribution in [0.3, 0.4) is 0 Å². The molecule has 0 saturated heterocycles. The molecule has 0 aliphatic rings. The first-order chi connectivity index (χ1) is 9.08. The van der Waals surface area contributed by atoms with E-state index in [0.29, 0.717) is 25.2 Å². The Labute approximate surface area is 112 Å². The highest BCUT2D eigenvalue weighted by molar-refractivity contribution is 5.84. The third-order valence-corrected chi connectivity index (χ3v) is 2.52. The molecule has 5 heteroatoms. The molecule has 104 valence electrons. The SMILES string of the molecule is CCOC(=CCCc1ccc(O)c(OC)c1)C(=O)O. The molecule has 0 aromatic heterocycles. The number of aromatic hydroxyl groups is 1. The van der Waals surface area contributed by atoms with Gasteiger partial charge in [0.1, 0.15) is 0 Å². The largest absolute Gasteiger partial charge is 0.504 e. The molecule has 0 fully saturated rings. The van der Waals surface area contributed by atoms with Crippen molar-refractivity contribution in [2.24, 2.45) is 0 Å². The summed E-state index contributed by atoms with van der Waals surface area (Å²) in [6.45, 7) is 2.06. The Morgan fingerprint density at radius 1 is 1.42 bits per heavy atom. The van der Waals surface area contributed by atoms with Gasteiger partial charge in [0, 0.05) is 0 Å². The van der Waals surface area contributed by atoms with E-state index >= 15 is 0 Å². The number of benzene rings is 1. The lowest BCUT2D eigenvalue weighted by Gasteiger charge is -2.06. The molecule has 0 aliphatic carbocycles. The van der Waals surface area contributed by atoms with Crippen LogP contribution in [0.15, 0.2) is 30.0 Å². The van der Waals surface area contributed by atoms with Crippen molar-refractivity contribution in [3.05, 3.63) is 35.6 Å². The number of hydrogen-bond acceptors (Lipinski definition) is 4. The Morgan fingerprint density at radius 2 is 2.16 bits per heavy atom. The smallest absolute Gasteiger partial charge is 0.370 e. The topological polar surface area (TPSA) is 76.0 Å². The van der Waals surface area contributed by atoms with Gasteiger partial charge in [-0.2, -0.15) is 0 Å². The monoisotopic (exact) mass is 266 g/mol. The van der Waals surface area contributed by atoms with Crippen molar-refractivity contribution in [1.82, 2.24) is 0 Å². The summed E-state index contributed by atoms with van der Waals surface area (Å²) in [7, 11) is 1.48. The van der Waals surface area contributed by atoms with E-state index in [2.05, 4.69) is 0 Å². The maximum absolute atomic E-state index is 10.8. The number of aryl methyl sites for hydroxylation is 1. The molecule has 0 aliphatic heterocycles. The average molecular weight is 266 g/mol. The maximum Gasteiger partial charge on any atom is 0.370 e. The number of phenols is 1. The summed E-state index contributed by atoms with van der Waals surface area (Å²) in [5, 5.41) is 18.3. The molecule has 0 bridgehead atoms. The number of carboxylic acids is 1. The van der Waals surface area contributed by atoms with E-state index in [1.807, 2.05) is 0 Å². The average Bonchev–Trinajstić information content (AvgIpc) is 2.39. The molecule has 0 amide bonds. The van der Waals surface area contributed by atoms with Crippen LogP contribution in [0.4, 0.5) is 0 Å². The summed E-state index contributed by atoms with van der Waals surface area (Å²) < 4.78 is 10.0. The third-order valence-electron chi connectivity index (χ3n) is 2.52. The van der Waals surface area contributed by atoms with Gasteiger partial charge in [-0.15, -0.1) is 0 Å². The van der Waals surface area contributed by atoms with Crippen molar-refractivity contribution in [2.75, 3.05) is 13.7 Å². The first-order valence-corrected chi connectivity index (χ1v) is 6.00. The zero-order valence-corrected chi connectivity index (χ0v) is 11.0. The lowest BCUT2D eigenvalue weighted by Crippen LogP contribution is -2.05. The van der Waals surface area contributed by atoms with Crippen molar-refractivity contribution < 1.29 is 24.5 Å². The minimum absolute atomic E-state index is 0.0340. The second-order valence-electron chi connectivity index (χ2n) is 3.85. The zero-order valence-electron chi connectivity index (χ0n) is 11.0. The minimum atomic E-state index is -1.06. The van der Waals surface area contributed by atoms with Crippen molar-refractivity contribution in [3.8, 4) is 11.5 Å². The molecule has 1 rings (SSSR count). The van der Waals surface area contributed by atoms with Crippen molar-refractivity contribution in [1.29, 1.82) is 0 Å². The fraction of sp³-hybridized carbons (Fsp3) is 0.357. The number of methoxy groups -OCH3 is 1. The van der Waals surface area contributed by atoms with Crippen LogP contribution < -0.4 is 4.74 Å². The number of carboxylic acid groups (broad SMARTS) is 1. The fourth-order valence-electron chi connectivity index (χ4n) is 1.61. The molecule has 0 saturated carbocycles. The molecular formula is C14H18O5. The Balaban J connectivity index is 2.66. The third kappa shape index (κ3) is 4.54. The fourth-order valence-corrected chi connectivity index (χ4v) is 1.61. The Bertz CT molecular complexity index is 465. The van der Waals surface area contributed by atoms with Crippen LogP contribution in [0.5, 0.6) is 11.5 Å². The molecule has 0 atom stereocenters. The van der Waals surface area contributed by atoms with Gasteiger partial charge in [-0.05, 0) is 43.5 Å². The normalized spacial score (nSPS) is 11.2. The van der Waals surface area contributed by atoms with Gasteiger partial charge in [0.05, 0.1) is 13.7 Å². The van der Waals surface area contributed by atoms with Gasteiger partial charge in [0.25, 0.3) is 0 Å². The first-order valence-electron chi connectivity index (χ1n) is 6.00. The van der Waals surface area contributed by atoms with Gasteiger partial charge in [0.15, 0.2) is 17.3 Å². The summed E-state index contributed by atoms with van der Waals surface area (Å²) in [5.41, 5.74) is 0.951. The van der Waals surface area contributed by atoms with Crippen LogP contribution in [-0.2, 0) is 16.0 Å². The number of ether oxygens (including phenoxy) is 2. The van der Waals surface area contributed by atoms with Gasteiger partial charge in [-0.3, -0.25) is 0 Å². The number of rotatable bonds is 7. The van der Waals surface area contributed by atoms with E-state index in [9.17, 15) is 9.90 Å². The number of aliphatic carboxylic acids is 1. The maximum atomic E-state index is 10.8. The van der Waals surface area contributed by atoms with E-state index in [-0.39, 0.29) is 11.5 Å². The summed E-state index contributed by atoms with van der Waals surface area (Å²) in [5.74, 6) is -0.606. The highest BCUT2D eigenvalue weighted by Gasteiger charge is 2.07. The molecule has 19 heavy (non-hydrogen) atoms. The van der Waals surface area contributed by atoms with Gasteiger partial charge in [-0.1, -0.05) is 6.07 Å². The van der Waals surface area contributed by atoms with Crippen molar-refractivity contribution in [2.45, 2.75) is 19.8 Å². The lowest BCUT2D eigenvalue weighted by atomic mass is 10.1. The van der Waals surface area contributed by atoms with Crippen LogP contribution >= 0.6 is 0 Å². The molecule has 1 aromatic carbocycles. The Hall–Kier alpha value is -2.17. The summed E-state index contributed by atoms with van der Waals surface area (Å²) in [4.78, 5) is 10.8. The second-order valence-corrected chi connectivity index (χ2v) is 3.85. The van der Waals surface area contributed by atoms with Crippen LogP contribution in [0.2, 0.25) is 0 Å². The predicted molar refractivity (Wildman–Crippen MR) is 70.3 cm³/mol. The summed E-state index contributed by atoms with van der Waals surface area (Å²) in [6, 6.07) is 5.05. The Morgan fingerprint density at radius 3 is 2.74 bits per heavy atom. The summed E-state index contributed by atoms with van der Waals surface area (Å²) in [6.07, 6.45) is 2.72. The number of carbonyl (C=O) groups is 1. The standard InChI is InChI=1S/C14H18O5/c1-3-19-12(14(16)17)6-4-5-10-7-8-11(15)13(9-10)18-2/h6-9,15H,3-5H2,1-2H3,(H,16,17). The van der Waals surface area contributed by atoms with Crippen molar-refractivity contribution in [3.63, 3.8) is 0 Å². The number of allylic oxidation sites excluding steroid dienone is 1. The predicted octanol–water partition coefficient (Wildman–Crippen LogP) is 2.34. The van der Waals surface area contributed by atoms with Gasteiger partial charge in [0.2, 0.25) is 0 Å². The number of phenolic OH excluding ortho intramolecular Hbond substituents is 1. The molecule has 5 nitrogen and oxygen atoms in total. The van der Waals surface area contributed by atoms with E-state index in [4.69, 9.17) is 14.6 Å². The highest BCUT2D eigenvalue weighted by atomic mass is 16.5. The van der Waals surface area contributed by atoms with Crippen LogP contribution in [0, 0.1) is 0 Å². The van der Waals surface area contributed by atoms with E-state index in [0.717, 1.165) is 5.56 Å². The molecule has 0 heterocycles. The lowest BCUT2D eigenvalue weighted by molar-refractivity contribution is -0.136. The second kappa shape index (κ2) is 7.31. The van der Waals surface area contributed by atoms with E-state index in [1.54, 1.807) is 31.2 Å². The highest BCUT2D eigenvalue weighted by Crippen LogP contribution is 2.26. The molecule has 2 N–H and O–H groups in total. The van der Waals surface area contributed by atoms with Gasteiger partial charge in [-0.25, -0.2) is 4.79 Å². The molecule has 0 radical (unpaired) electrons. The van der Waals surface area contributed by atoms with E-state index in [1.165, 1.54) is 7.11 Å². The molecule has 1 aromatic rings. The zero-order chi connectivity index (χ0) is 14.3. The van der Waals surface area contributed by atoms with Gasteiger partial charge >= 0.3 is 5.97 Å². The van der Waals surface area contributed by atoms with Gasteiger partial charge < -0.3 is 19.7 Å². The minimum Gasteiger partial charge on any atom is -0.504 e. The molecular weight excluding hydrogens is 248 g/mol. The molecule has 0 unspecified atom stereocenters. The summed E-state index contributed by atoms with van der Waals surface area (Å²) >= 11 is 0.